The Hall–Kier alpha value is -2.10. The number of aromatic nitrogens is 2. The average Bonchev–Trinajstić information content (AvgIpc) is 3.01. The highest BCUT2D eigenvalue weighted by Crippen LogP contribution is 2.34. The number of hydrogen-bond acceptors (Lipinski definition) is 2. The molecule has 1 aromatic heterocycles. The van der Waals surface area contributed by atoms with E-state index in [9.17, 15) is 4.79 Å². The minimum absolute atomic E-state index is 0.136. The van der Waals surface area contributed by atoms with E-state index in [-0.39, 0.29) is 11.7 Å². The number of fused-ring (bicyclic) bond motifs is 1. The van der Waals surface area contributed by atoms with Crippen LogP contribution in [0.1, 0.15) is 34.0 Å². The van der Waals surface area contributed by atoms with Crippen molar-refractivity contribution < 1.29 is 4.79 Å². The van der Waals surface area contributed by atoms with Crippen molar-refractivity contribution in [1.29, 1.82) is 0 Å². The number of ketones is 1. The SMILES string of the molecule is O=C1CC(c2ccc(Cl)cc2)Cc2c1cnn2-c1ccc(Cl)cc1. The molecule has 1 aliphatic rings. The number of nitrogens with zero attached hydrogens (tertiary/aromatic N) is 2. The molecule has 3 aromatic rings. The Kier molecular flexibility index (Phi) is 3.91. The van der Waals surface area contributed by atoms with Crippen LogP contribution in [0, 0.1) is 0 Å². The van der Waals surface area contributed by atoms with Crippen LogP contribution in [0.15, 0.2) is 54.7 Å². The van der Waals surface area contributed by atoms with Gasteiger partial charge in [0.25, 0.3) is 0 Å². The predicted octanol–water partition coefficient (Wildman–Crippen LogP) is 5.09. The quantitative estimate of drug-likeness (QED) is 0.640. The van der Waals surface area contributed by atoms with Gasteiger partial charge in [0, 0.05) is 16.5 Å². The number of carbonyl (C=O) groups excluding carboxylic acids is 1. The van der Waals surface area contributed by atoms with Gasteiger partial charge in [-0.05, 0) is 54.3 Å². The fourth-order valence-electron chi connectivity index (χ4n) is 3.22. The van der Waals surface area contributed by atoms with E-state index in [0.717, 1.165) is 28.9 Å². The molecule has 5 heteroatoms. The van der Waals surface area contributed by atoms with E-state index in [1.807, 2.05) is 53.2 Å². The van der Waals surface area contributed by atoms with Crippen molar-refractivity contribution in [2.75, 3.05) is 0 Å². The van der Waals surface area contributed by atoms with Crippen LogP contribution in [0.25, 0.3) is 5.69 Å². The van der Waals surface area contributed by atoms with Gasteiger partial charge in [-0.25, -0.2) is 4.68 Å². The van der Waals surface area contributed by atoms with Crippen LogP contribution in [-0.4, -0.2) is 15.6 Å². The molecule has 0 N–H and O–H groups in total. The van der Waals surface area contributed by atoms with E-state index in [4.69, 9.17) is 23.2 Å². The second kappa shape index (κ2) is 6.08. The molecule has 4 rings (SSSR count). The van der Waals surface area contributed by atoms with Crippen LogP contribution in [-0.2, 0) is 6.42 Å². The Morgan fingerprint density at radius 3 is 2.21 bits per heavy atom. The summed E-state index contributed by atoms with van der Waals surface area (Å²) in [5, 5.41) is 5.80. The Labute approximate surface area is 149 Å². The third kappa shape index (κ3) is 2.74. The van der Waals surface area contributed by atoms with Gasteiger partial charge in [-0.2, -0.15) is 5.10 Å². The highest BCUT2D eigenvalue weighted by Gasteiger charge is 2.30. The van der Waals surface area contributed by atoms with E-state index in [2.05, 4.69) is 5.10 Å². The Morgan fingerprint density at radius 2 is 1.54 bits per heavy atom. The van der Waals surface area contributed by atoms with E-state index in [0.29, 0.717) is 16.5 Å². The zero-order chi connectivity index (χ0) is 16.7. The maximum atomic E-state index is 12.5. The monoisotopic (exact) mass is 356 g/mol. The molecule has 0 fully saturated rings. The molecule has 0 radical (unpaired) electrons. The molecule has 0 saturated carbocycles. The summed E-state index contributed by atoms with van der Waals surface area (Å²) in [6.45, 7) is 0. The summed E-state index contributed by atoms with van der Waals surface area (Å²) in [5.41, 5.74) is 3.70. The summed E-state index contributed by atoms with van der Waals surface area (Å²) in [7, 11) is 0. The van der Waals surface area contributed by atoms with Gasteiger partial charge >= 0.3 is 0 Å². The maximum absolute atomic E-state index is 12.5. The third-order valence-corrected chi connectivity index (χ3v) is 4.96. The standard InChI is InChI=1S/C19H14Cl2N2O/c20-14-3-1-12(2-4-14)13-9-18-17(19(24)10-13)11-22-23(18)16-7-5-15(21)6-8-16/h1-8,11,13H,9-10H2. The zero-order valence-corrected chi connectivity index (χ0v) is 14.3. The highest BCUT2D eigenvalue weighted by molar-refractivity contribution is 6.30. The molecule has 0 aliphatic heterocycles. The van der Waals surface area contributed by atoms with Crippen LogP contribution in [0.3, 0.4) is 0 Å². The Bertz CT molecular complexity index is 898. The van der Waals surface area contributed by atoms with Gasteiger partial charge in [0.1, 0.15) is 0 Å². The molecule has 120 valence electrons. The molecule has 0 spiro atoms. The lowest BCUT2D eigenvalue weighted by Crippen LogP contribution is -2.20. The normalized spacial score (nSPS) is 16.9. The molecule has 0 bridgehead atoms. The Balaban J connectivity index is 1.73. The van der Waals surface area contributed by atoms with Gasteiger partial charge in [-0.3, -0.25) is 4.79 Å². The second-order valence-corrected chi connectivity index (χ2v) is 6.85. The first kappa shape index (κ1) is 15.4. The van der Waals surface area contributed by atoms with Crippen LogP contribution >= 0.6 is 23.2 Å². The lowest BCUT2D eigenvalue weighted by Gasteiger charge is -2.23. The van der Waals surface area contributed by atoms with Crippen molar-refractivity contribution in [3.8, 4) is 5.69 Å². The highest BCUT2D eigenvalue weighted by atomic mass is 35.5. The number of carbonyl (C=O) groups is 1. The molecule has 1 heterocycles. The van der Waals surface area contributed by atoms with Crippen LogP contribution in [0.4, 0.5) is 0 Å². The number of halogens is 2. The zero-order valence-electron chi connectivity index (χ0n) is 12.7. The van der Waals surface area contributed by atoms with Gasteiger partial charge in [0.2, 0.25) is 0 Å². The number of Topliss-reactive ketones (excluding diaryl/α,β-unsaturated/α-hetero) is 1. The van der Waals surface area contributed by atoms with Crippen LogP contribution in [0.5, 0.6) is 0 Å². The van der Waals surface area contributed by atoms with Crippen molar-refractivity contribution in [3.63, 3.8) is 0 Å². The van der Waals surface area contributed by atoms with Gasteiger partial charge in [-0.15, -0.1) is 0 Å². The number of rotatable bonds is 2. The van der Waals surface area contributed by atoms with E-state index >= 15 is 0 Å². The summed E-state index contributed by atoms with van der Waals surface area (Å²) in [5.74, 6) is 0.279. The largest absolute Gasteiger partial charge is 0.294 e. The second-order valence-electron chi connectivity index (χ2n) is 5.97. The summed E-state index contributed by atoms with van der Waals surface area (Å²) < 4.78 is 1.84. The average molecular weight is 357 g/mol. The van der Waals surface area contributed by atoms with Gasteiger partial charge in [0.05, 0.1) is 23.1 Å². The summed E-state index contributed by atoms with van der Waals surface area (Å²) >= 11 is 11.9. The fraction of sp³-hybridized carbons (Fsp3) is 0.158. The first-order chi connectivity index (χ1) is 11.6. The molecule has 1 unspecified atom stereocenters. The summed E-state index contributed by atoms with van der Waals surface area (Å²) in [6, 6.07) is 15.2. The van der Waals surface area contributed by atoms with Crippen LogP contribution in [0.2, 0.25) is 10.0 Å². The fourth-order valence-corrected chi connectivity index (χ4v) is 3.47. The summed E-state index contributed by atoms with van der Waals surface area (Å²) in [4.78, 5) is 12.5. The number of hydrogen-bond donors (Lipinski definition) is 0. The molecule has 3 nitrogen and oxygen atoms in total. The molecule has 0 amide bonds. The minimum Gasteiger partial charge on any atom is -0.294 e. The van der Waals surface area contributed by atoms with E-state index < -0.39 is 0 Å². The van der Waals surface area contributed by atoms with Crippen molar-refractivity contribution in [2.24, 2.45) is 0 Å². The first-order valence-electron chi connectivity index (χ1n) is 7.73. The molecule has 2 aromatic carbocycles. The smallest absolute Gasteiger partial charge is 0.166 e. The number of benzene rings is 2. The van der Waals surface area contributed by atoms with Crippen molar-refractivity contribution in [2.45, 2.75) is 18.8 Å². The molecular formula is C19H14Cl2N2O. The lowest BCUT2D eigenvalue weighted by atomic mass is 9.82. The summed E-state index contributed by atoms with van der Waals surface area (Å²) in [6.07, 6.45) is 2.94. The molecule has 24 heavy (non-hydrogen) atoms. The van der Waals surface area contributed by atoms with E-state index in [1.54, 1.807) is 6.20 Å². The molecular weight excluding hydrogens is 343 g/mol. The predicted molar refractivity (Wildman–Crippen MR) is 95.4 cm³/mol. The van der Waals surface area contributed by atoms with Crippen molar-refractivity contribution in [3.05, 3.63) is 81.6 Å². The van der Waals surface area contributed by atoms with Gasteiger partial charge in [0.15, 0.2) is 5.78 Å². The topological polar surface area (TPSA) is 34.9 Å². The van der Waals surface area contributed by atoms with Gasteiger partial charge < -0.3 is 0 Å². The Morgan fingerprint density at radius 1 is 0.917 bits per heavy atom. The lowest BCUT2D eigenvalue weighted by molar-refractivity contribution is 0.0964. The molecule has 0 saturated heterocycles. The van der Waals surface area contributed by atoms with Crippen LogP contribution < -0.4 is 0 Å². The first-order valence-corrected chi connectivity index (χ1v) is 8.49. The third-order valence-electron chi connectivity index (χ3n) is 4.45. The van der Waals surface area contributed by atoms with E-state index in [1.165, 1.54) is 0 Å². The molecule has 1 aliphatic carbocycles. The molecule has 1 atom stereocenters. The van der Waals surface area contributed by atoms with Gasteiger partial charge in [-0.1, -0.05) is 35.3 Å². The minimum atomic E-state index is 0.136. The maximum Gasteiger partial charge on any atom is 0.166 e. The van der Waals surface area contributed by atoms with Crippen molar-refractivity contribution in [1.82, 2.24) is 9.78 Å². The van der Waals surface area contributed by atoms with Crippen molar-refractivity contribution >= 4 is 29.0 Å².